The second kappa shape index (κ2) is 6.12. The first kappa shape index (κ1) is 14.9. The van der Waals surface area contributed by atoms with E-state index < -0.39 is 29.5 Å². The van der Waals surface area contributed by atoms with Gasteiger partial charge in [0.1, 0.15) is 11.9 Å². The van der Waals surface area contributed by atoms with E-state index in [0.717, 1.165) is 6.07 Å². The van der Waals surface area contributed by atoms with Crippen LogP contribution in [0.1, 0.15) is 18.1 Å². The van der Waals surface area contributed by atoms with Gasteiger partial charge in [0, 0.05) is 17.7 Å². The number of carbonyl (C=O) groups is 1. The molecule has 104 valence electrons. The number of non-ortho nitro benzene ring substituents is 1. The minimum Gasteiger partial charge on any atom is -0.496 e. The second-order valence-electron chi connectivity index (χ2n) is 3.79. The summed E-state index contributed by atoms with van der Waals surface area (Å²) in [4.78, 5) is 20.4. The van der Waals surface area contributed by atoms with Gasteiger partial charge in [0.2, 0.25) is 0 Å². The van der Waals surface area contributed by atoms with E-state index >= 15 is 0 Å². The molecule has 0 aliphatic heterocycles. The van der Waals surface area contributed by atoms with E-state index in [9.17, 15) is 25.1 Å². The van der Waals surface area contributed by atoms with Crippen LogP contribution in [-0.4, -0.2) is 39.4 Å². The molecule has 8 nitrogen and oxygen atoms in total. The Labute approximate surface area is 108 Å². The zero-order chi connectivity index (χ0) is 14.6. The van der Waals surface area contributed by atoms with Gasteiger partial charge < -0.3 is 20.1 Å². The number of hydrogen-bond donors (Lipinski definition) is 3. The monoisotopic (exact) mass is 271 g/mol. The van der Waals surface area contributed by atoms with Gasteiger partial charge in [0.05, 0.1) is 24.6 Å². The molecule has 3 N–H and O–H groups in total. The van der Waals surface area contributed by atoms with Gasteiger partial charge in [-0.2, -0.15) is 0 Å². The molecule has 0 amide bonds. The minimum atomic E-state index is -1.59. The molecule has 1 aromatic rings. The van der Waals surface area contributed by atoms with Crippen molar-refractivity contribution in [3.63, 3.8) is 0 Å². The number of nitrogens with zero attached hydrogens (tertiary/aromatic N) is 1. The molecule has 0 saturated heterocycles. The Morgan fingerprint density at radius 3 is 2.58 bits per heavy atom. The molecular weight excluding hydrogens is 258 g/mol. The summed E-state index contributed by atoms with van der Waals surface area (Å²) in [5.41, 5.74) is -0.331. The van der Waals surface area contributed by atoms with Crippen LogP contribution in [0.5, 0.6) is 5.75 Å². The Morgan fingerprint density at radius 1 is 1.47 bits per heavy atom. The number of aliphatic carboxylic acids is 1. The summed E-state index contributed by atoms with van der Waals surface area (Å²) in [6.45, 7) is 0. The summed E-state index contributed by atoms with van der Waals surface area (Å²) < 4.78 is 4.92. The third-order valence-corrected chi connectivity index (χ3v) is 2.49. The Morgan fingerprint density at radius 2 is 2.11 bits per heavy atom. The third-order valence-electron chi connectivity index (χ3n) is 2.49. The SMILES string of the molecule is COc1ccc([N+](=O)[O-])cc1C(O)C(O)CC(=O)O. The summed E-state index contributed by atoms with van der Waals surface area (Å²) in [6, 6.07) is 3.48. The van der Waals surface area contributed by atoms with Gasteiger partial charge >= 0.3 is 5.97 Å². The number of rotatable bonds is 6. The molecule has 0 aliphatic rings. The molecule has 0 radical (unpaired) electrons. The fraction of sp³-hybridized carbons (Fsp3) is 0.364. The van der Waals surface area contributed by atoms with Crippen LogP contribution in [0, 0.1) is 10.1 Å². The number of methoxy groups -OCH3 is 1. The highest BCUT2D eigenvalue weighted by molar-refractivity contribution is 5.67. The van der Waals surface area contributed by atoms with E-state index in [0.29, 0.717) is 0 Å². The maximum Gasteiger partial charge on any atom is 0.306 e. The number of aliphatic hydroxyl groups excluding tert-OH is 2. The molecule has 2 unspecified atom stereocenters. The van der Waals surface area contributed by atoms with Crippen molar-refractivity contribution in [1.82, 2.24) is 0 Å². The Hall–Kier alpha value is -2.19. The van der Waals surface area contributed by atoms with Crippen molar-refractivity contribution in [3.05, 3.63) is 33.9 Å². The van der Waals surface area contributed by atoms with Gasteiger partial charge in [-0.15, -0.1) is 0 Å². The molecule has 0 aromatic heterocycles. The van der Waals surface area contributed by atoms with E-state index in [1.165, 1.54) is 19.2 Å². The zero-order valence-electron chi connectivity index (χ0n) is 10.0. The first-order chi connectivity index (χ1) is 8.86. The maximum absolute atomic E-state index is 10.6. The summed E-state index contributed by atoms with van der Waals surface area (Å²) in [7, 11) is 1.29. The minimum absolute atomic E-state index is 0.0366. The highest BCUT2D eigenvalue weighted by Crippen LogP contribution is 2.31. The van der Waals surface area contributed by atoms with Gasteiger partial charge in [-0.1, -0.05) is 0 Å². The fourth-order valence-corrected chi connectivity index (χ4v) is 1.56. The predicted molar refractivity (Wildman–Crippen MR) is 62.9 cm³/mol. The van der Waals surface area contributed by atoms with Crippen molar-refractivity contribution in [3.8, 4) is 5.75 Å². The smallest absolute Gasteiger partial charge is 0.306 e. The summed E-state index contributed by atoms with van der Waals surface area (Å²) >= 11 is 0. The van der Waals surface area contributed by atoms with Crippen LogP contribution in [0.15, 0.2) is 18.2 Å². The lowest BCUT2D eigenvalue weighted by Crippen LogP contribution is -2.22. The quantitative estimate of drug-likeness (QED) is 0.506. The molecule has 0 saturated carbocycles. The third kappa shape index (κ3) is 3.63. The number of nitro groups is 1. The molecule has 8 heteroatoms. The van der Waals surface area contributed by atoms with Crippen LogP contribution >= 0.6 is 0 Å². The van der Waals surface area contributed by atoms with E-state index in [1.807, 2.05) is 0 Å². The number of ether oxygens (including phenoxy) is 1. The van der Waals surface area contributed by atoms with Gasteiger partial charge in [-0.05, 0) is 6.07 Å². The van der Waals surface area contributed by atoms with Gasteiger partial charge in [-0.25, -0.2) is 0 Å². The largest absolute Gasteiger partial charge is 0.496 e. The van der Waals surface area contributed by atoms with Gasteiger partial charge in [0.15, 0.2) is 0 Å². The summed E-state index contributed by atoms with van der Waals surface area (Å²) in [6.07, 6.45) is -3.87. The Balaban J connectivity index is 3.11. The lowest BCUT2D eigenvalue weighted by Gasteiger charge is -2.18. The molecule has 1 rings (SSSR count). The molecular formula is C11H13NO7. The van der Waals surface area contributed by atoms with E-state index in [2.05, 4.69) is 0 Å². The topological polar surface area (TPSA) is 130 Å². The molecule has 0 spiro atoms. The summed E-state index contributed by atoms with van der Waals surface area (Å²) in [5, 5.41) is 38.6. The van der Waals surface area contributed by atoms with E-state index in [-0.39, 0.29) is 17.0 Å². The molecule has 0 heterocycles. The van der Waals surface area contributed by atoms with Crippen LogP contribution in [-0.2, 0) is 4.79 Å². The first-order valence-electron chi connectivity index (χ1n) is 5.27. The van der Waals surface area contributed by atoms with E-state index in [1.54, 1.807) is 0 Å². The summed E-state index contributed by atoms with van der Waals surface area (Å²) in [5.74, 6) is -1.17. The Kier molecular flexibility index (Phi) is 4.79. The van der Waals surface area contributed by atoms with Crippen LogP contribution in [0.3, 0.4) is 0 Å². The standard InChI is InChI=1S/C11H13NO7/c1-19-9-3-2-6(12(17)18)4-7(9)11(16)8(13)5-10(14)15/h2-4,8,11,13,16H,5H2,1H3,(H,14,15). The van der Waals surface area contributed by atoms with Crippen LogP contribution in [0.4, 0.5) is 5.69 Å². The highest BCUT2D eigenvalue weighted by Gasteiger charge is 2.25. The molecule has 0 fully saturated rings. The lowest BCUT2D eigenvalue weighted by molar-refractivity contribution is -0.385. The highest BCUT2D eigenvalue weighted by atomic mass is 16.6. The molecule has 19 heavy (non-hydrogen) atoms. The van der Waals surface area contributed by atoms with Crippen LogP contribution in [0.25, 0.3) is 0 Å². The average Bonchev–Trinajstić information content (AvgIpc) is 2.36. The zero-order valence-corrected chi connectivity index (χ0v) is 10.0. The normalized spacial score (nSPS) is 13.6. The first-order valence-corrected chi connectivity index (χ1v) is 5.27. The van der Waals surface area contributed by atoms with Crippen molar-refractivity contribution >= 4 is 11.7 Å². The molecule has 0 bridgehead atoms. The van der Waals surface area contributed by atoms with E-state index in [4.69, 9.17) is 9.84 Å². The van der Waals surface area contributed by atoms with Crippen molar-refractivity contribution < 1.29 is 29.8 Å². The van der Waals surface area contributed by atoms with Crippen LogP contribution < -0.4 is 4.74 Å². The fourth-order valence-electron chi connectivity index (χ4n) is 1.56. The number of hydrogen-bond acceptors (Lipinski definition) is 6. The van der Waals surface area contributed by atoms with Crippen molar-refractivity contribution in [1.29, 1.82) is 0 Å². The lowest BCUT2D eigenvalue weighted by atomic mass is 10.0. The molecule has 1 aromatic carbocycles. The predicted octanol–water partition coefficient (Wildman–Crippen LogP) is 0.472. The maximum atomic E-state index is 10.6. The average molecular weight is 271 g/mol. The van der Waals surface area contributed by atoms with Crippen molar-refractivity contribution in [2.75, 3.05) is 7.11 Å². The van der Waals surface area contributed by atoms with Crippen molar-refractivity contribution in [2.24, 2.45) is 0 Å². The molecule has 0 aliphatic carbocycles. The second-order valence-corrected chi connectivity index (χ2v) is 3.79. The molecule has 2 atom stereocenters. The van der Waals surface area contributed by atoms with Crippen LogP contribution in [0.2, 0.25) is 0 Å². The van der Waals surface area contributed by atoms with Crippen molar-refractivity contribution in [2.45, 2.75) is 18.6 Å². The van der Waals surface area contributed by atoms with Gasteiger partial charge in [-0.3, -0.25) is 14.9 Å². The number of nitro benzene ring substituents is 1. The number of carboxylic acids is 1. The number of carboxylic acid groups (broad SMARTS) is 1. The number of aliphatic hydroxyl groups is 2. The Bertz CT molecular complexity index is 488. The number of benzene rings is 1. The van der Waals surface area contributed by atoms with Gasteiger partial charge in [0.25, 0.3) is 5.69 Å².